The zero-order chi connectivity index (χ0) is 8.67. The monoisotopic (exact) mass is 169 g/mol. The summed E-state index contributed by atoms with van der Waals surface area (Å²) >= 11 is 0. The van der Waals surface area contributed by atoms with Crippen molar-refractivity contribution in [1.82, 2.24) is 15.0 Å². The van der Waals surface area contributed by atoms with Crippen LogP contribution in [0.25, 0.3) is 21.9 Å². The molecular formula is C10H7N3. The van der Waals surface area contributed by atoms with E-state index in [0.717, 1.165) is 21.9 Å². The van der Waals surface area contributed by atoms with Crippen molar-refractivity contribution in [2.24, 2.45) is 0 Å². The molecule has 0 saturated heterocycles. The zero-order valence-electron chi connectivity index (χ0n) is 6.86. The summed E-state index contributed by atoms with van der Waals surface area (Å²) in [5.74, 6) is 0. The molecule has 3 aromatic rings. The van der Waals surface area contributed by atoms with E-state index >= 15 is 0 Å². The number of hydrogen-bond acceptors (Lipinski definition) is 2. The predicted molar refractivity (Wildman–Crippen MR) is 51.4 cm³/mol. The van der Waals surface area contributed by atoms with Crippen LogP contribution in [0.3, 0.4) is 0 Å². The minimum Gasteiger partial charge on any atom is -0.345 e. The standard InChI is InChI=1S/C10H7N3/c1-2-7-4-9-10(5-11-6-12-9)13-8(7)3-1/h1-6H,(H,11,12). The molecule has 2 heterocycles. The van der Waals surface area contributed by atoms with Crippen molar-refractivity contribution in [3.63, 3.8) is 0 Å². The van der Waals surface area contributed by atoms with Gasteiger partial charge in [-0.1, -0.05) is 12.1 Å². The Balaban J connectivity index is 2.57. The maximum absolute atomic E-state index is 4.44. The van der Waals surface area contributed by atoms with E-state index in [0.29, 0.717) is 0 Å². The Labute approximate surface area is 74.4 Å². The molecule has 13 heavy (non-hydrogen) atoms. The molecule has 0 unspecified atom stereocenters. The van der Waals surface area contributed by atoms with E-state index in [9.17, 15) is 0 Å². The second kappa shape index (κ2) is 2.29. The highest BCUT2D eigenvalue weighted by Crippen LogP contribution is 2.17. The van der Waals surface area contributed by atoms with Gasteiger partial charge in [0.05, 0.1) is 23.6 Å². The fraction of sp³-hybridized carbons (Fsp3) is 0. The summed E-state index contributed by atoms with van der Waals surface area (Å²) in [5.41, 5.74) is 2.95. The van der Waals surface area contributed by atoms with Crippen molar-refractivity contribution in [2.75, 3.05) is 0 Å². The van der Waals surface area contributed by atoms with E-state index in [-0.39, 0.29) is 0 Å². The predicted octanol–water partition coefficient (Wildman–Crippen LogP) is 2.11. The van der Waals surface area contributed by atoms with Gasteiger partial charge in [0, 0.05) is 5.39 Å². The first-order valence-electron chi connectivity index (χ1n) is 4.11. The summed E-state index contributed by atoms with van der Waals surface area (Å²) < 4.78 is 0. The Morgan fingerprint density at radius 3 is 3.15 bits per heavy atom. The lowest BCUT2D eigenvalue weighted by molar-refractivity contribution is 1.21. The minimum atomic E-state index is 0.904. The van der Waals surface area contributed by atoms with Gasteiger partial charge in [0.2, 0.25) is 0 Å². The second-order valence-corrected chi connectivity index (χ2v) is 2.97. The van der Waals surface area contributed by atoms with E-state index in [1.165, 1.54) is 0 Å². The second-order valence-electron chi connectivity index (χ2n) is 2.97. The van der Waals surface area contributed by atoms with E-state index in [1.807, 2.05) is 12.1 Å². The molecule has 3 rings (SSSR count). The molecule has 1 aromatic carbocycles. The fourth-order valence-corrected chi connectivity index (χ4v) is 1.50. The van der Waals surface area contributed by atoms with Crippen LogP contribution in [0.2, 0.25) is 0 Å². The Bertz CT molecular complexity index is 519. The SMILES string of the molecule is c1cc2cc3[nH]cncc3nc2c1. The highest BCUT2D eigenvalue weighted by atomic mass is 14.9. The van der Waals surface area contributed by atoms with Crippen LogP contribution in [0.4, 0.5) is 0 Å². The smallest absolute Gasteiger partial charge is 0.106 e. The van der Waals surface area contributed by atoms with Crippen LogP contribution in [-0.2, 0) is 0 Å². The summed E-state index contributed by atoms with van der Waals surface area (Å²) in [4.78, 5) is 11.5. The van der Waals surface area contributed by atoms with Crippen LogP contribution in [-0.4, -0.2) is 15.0 Å². The van der Waals surface area contributed by atoms with Gasteiger partial charge in [0.1, 0.15) is 5.52 Å². The van der Waals surface area contributed by atoms with Gasteiger partial charge in [0.15, 0.2) is 0 Å². The van der Waals surface area contributed by atoms with Gasteiger partial charge in [-0.3, -0.25) is 0 Å². The summed E-state index contributed by atoms with van der Waals surface area (Å²) in [7, 11) is 0. The van der Waals surface area contributed by atoms with Gasteiger partial charge in [-0.15, -0.1) is 0 Å². The molecule has 0 atom stereocenters. The van der Waals surface area contributed by atoms with Gasteiger partial charge in [0.25, 0.3) is 0 Å². The van der Waals surface area contributed by atoms with Crippen LogP contribution in [0.5, 0.6) is 0 Å². The van der Waals surface area contributed by atoms with Gasteiger partial charge >= 0.3 is 0 Å². The van der Waals surface area contributed by atoms with Crippen LogP contribution >= 0.6 is 0 Å². The first-order chi connectivity index (χ1) is 6.43. The highest BCUT2D eigenvalue weighted by Gasteiger charge is 1.98. The number of nitrogens with one attached hydrogen (secondary N) is 1. The number of fused-ring (bicyclic) bond motifs is 2. The van der Waals surface area contributed by atoms with Gasteiger partial charge in [-0.25, -0.2) is 9.97 Å². The molecule has 1 N–H and O–H groups in total. The van der Waals surface area contributed by atoms with Crippen molar-refractivity contribution in [3.05, 3.63) is 36.8 Å². The van der Waals surface area contributed by atoms with Gasteiger partial charge in [-0.05, 0) is 12.1 Å². The van der Waals surface area contributed by atoms with Crippen molar-refractivity contribution in [3.8, 4) is 0 Å². The van der Waals surface area contributed by atoms with Crippen LogP contribution in [0, 0.1) is 0 Å². The molecule has 0 fully saturated rings. The Morgan fingerprint density at radius 1 is 1.15 bits per heavy atom. The molecule has 62 valence electrons. The van der Waals surface area contributed by atoms with E-state index in [2.05, 4.69) is 27.1 Å². The molecule has 0 spiro atoms. The summed E-state index contributed by atoms with van der Waals surface area (Å²) in [5, 5.41) is 1.16. The summed E-state index contributed by atoms with van der Waals surface area (Å²) in [6, 6.07) is 8.14. The summed E-state index contributed by atoms with van der Waals surface area (Å²) in [6.07, 6.45) is 3.43. The first kappa shape index (κ1) is 6.60. The third kappa shape index (κ3) is 0.902. The molecular weight excluding hydrogens is 162 g/mol. The zero-order valence-corrected chi connectivity index (χ0v) is 6.86. The molecule has 3 heteroatoms. The van der Waals surface area contributed by atoms with Crippen molar-refractivity contribution in [2.45, 2.75) is 0 Å². The van der Waals surface area contributed by atoms with Gasteiger partial charge in [-0.2, -0.15) is 0 Å². The number of aromatic nitrogens is 3. The normalized spacial score (nSPS) is 11.1. The van der Waals surface area contributed by atoms with E-state index < -0.39 is 0 Å². The molecule has 0 aliphatic heterocycles. The maximum atomic E-state index is 4.44. The summed E-state index contributed by atoms with van der Waals surface area (Å²) in [6.45, 7) is 0. The molecule has 2 aromatic heterocycles. The fourth-order valence-electron chi connectivity index (χ4n) is 1.50. The highest BCUT2D eigenvalue weighted by molar-refractivity contribution is 5.90. The number of hydrogen-bond donors (Lipinski definition) is 1. The lowest BCUT2D eigenvalue weighted by Crippen LogP contribution is -1.83. The van der Waals surface area contributed by atoms with E-state index in [4.69, 9.17) is 0 Å². The number of nitrogens with zero attached hydrogens (tertiary/aromatic N) is 2. The number of H-pyrrole nitrogens is 1. The molecule has 0 amide bonds. The van der Waals surface area contributed by atoms with Crippen LogP contribution in [0.15, 0.2) is 36.8 Å². The molecule has 0 aliphatic rings. The third-order valence-electron chi connectivity index (χ3n) is 2.13. The average molecular weight is 169 g/mol. The van der Waals surface area contributed by atoms with Crippen LogP contribution in [0.1, 0.15) is 0 Å². The molecule has 0 bridgehead atoms. The Morgan fingerprint density at radius 2 is 2.15 bits per heavy atom. The molecule has 0 radical (unpaired) electrons. The molecule has 0 aliphatic carbocycles. The molecule has 3 nitrogen and oxygen atoms in total. The largest absolute Gasteiger partial charge is 0.345 e. The Hall–Kier alpha value is -1.90. The lowest BCUT2D eigenvalue weighted by Gasteiger charge is -1.96. The van der Waals surface area contributed by atoms with E-state index in [1.54, 1.807) is 12.5 Å². The lowest BCUT2D eigenvalue weighted by atomic mass is 10.3. The topological polar surface area (TPSA) is 41.6 Å². The molecule has 0 saturated carbocycles. The van der Waals surface area contributed by atoms with Gasteiger partial charge < -0.3 is 4.98 Å². The van der Waals surface area contributed by atoms with Crippen LogP contribution < -0.4 is 0 Å². The number of pyridine rings is 1. The maximum Gasteiger partial charge on any atom is 0.106 e. The Kier molecular flexibility index (Phi) is 1.16. The minimum absolute atomic E-state index is 0.904. The van der Waals surface area contributed by atoms with Crippen molar-refractivity contribution in [1.29, 1.82) is 0 Å². The van der Waals surface area contributed by atoms with Crippen molar-refractivity contribution >= 4 is 21.9 Å². The quantitative estimate of drug-likeness (QED) is 0.560. The first-order valence-corrected chi connectivity index (χ1v) is 4.11. The average Bonchev–Trinajstić information content (AvgIpc) is 2.61. The number of aromatic amines is 1. The number of rotatable bonds is 0. The van der Waals surface area contributed by atoms with Crippen molar-refractivity contribution < 1.29 is 0 Å². The third-order valence-corrected chi connectivity index (χ3v) is 2.13.